The number of fused-ring (bicyclic) bond motifs is 3. The zero-order valence-corrected chi connectivity index (χ0v) is 25.6. The Morgan fingerprint density at radius 1 is 1.07 bits per heavy atom. The molecular formula is C31H35Cl2N5O3. The van der Waals surface area contributed by atoms with Crippen molar-refractivity contribution in [2.75, 3.05) is 19.7 Å². The lowest BCUT2D eigenvalue weighted by atomic mass is 9.98. The highest BCUT2D eigenvalue weighted by molar-refractivity contribution is 6.35. The van der Waals surface area contributed by atoms with Crippen LogP contribution >= 0.6 is 23.2 Å². The molecule has 0 aliphatic carbocycles. The van der Waals surface area contributed by atoms with E-state index in [-0.39, 0.29) is 12.5 Å². The summed E-state index contributed by atoms with van der Waals surface area (Å²) in [6.45, 7) is 9.32. The Morgan fingerprint density at radius 3 is 2.41 bits per heavy atom. The zero-order chi connectivity index (χ0) is 29.6. The van der Waals surface area contributed by atoms with Crippen molar-refractivity contribution in [1.82, 2.24) is 19.2 Å². The quantitative estimate of drug-likeness (QED) is 0.255. The predicted molar refractivity (Wildman–Crippen MR) is 163 cm³/mol. The number of halogens is 2. The molecule has 216 valence electrons. The van der Waals surface area contributed by atoms with Crippen molar-refractivity contribution in [3.8, 4) is 16.9 Å². The Hall–Kier alpha value is -3.49. The molecule has 1 aliphatic rings. The summed E-state index contributed by atoms with van der Waals surface area (Å²) in [5.41, 5.74) is 13.6. The summed E-state index contributed by atoms with van der Waals surface area (Å²) in [5, 5.41) is 6.95. The molecule has 0 spiro atoms. The second-order valence-corrected chi connectivity index (χ2v) is 11.6. The van der Waals surface area contributed by atoms with Crippen LogP contribution in [0.25, 0.3) is 22.0 Å². The number of ether oxygens (including phenoxy) is 1. The van der Waals surface area contributed by atoms with E-state index >= 15 is 0 Å². The largest absolute Gasteiger partial charge is 0.494 e. The van der Waals surface area contributed by atoms with E-state index in [1.54, 1.807) is 4.90 Å². The highest BCUT2D eigenvalue weighted by Crippen LogP contribution is 2.42. The Balaban J connectivity index is 1.60. The summed E-state index contributed by atoms with van der Waals surface area (Å²) in [6, 6.07) is 7.77. The Morgan fingerprint density at radius 2 is 1.78 bits per heavy atom. The van der Waals surface area contributed by atoms with Crippen molar-refractivity contribution in [2.24, 2.45) is 12.8 Å². The van der Waals surface area contributed by atoms with Crippen LogP contribution in [0.2, 0.25) is 10.0 Å². The van der Waals surface area contributed by atoms with Gasteiger partial charge in [0.15, 0.2) is 0 Å². The van der Waals surface area contributed by atoms with Crippen LogP contribution < -0.4 is 10.5 Å². The van der Waals surface area contributed by atoms with Crippen LogP contribution in [0.3, 0.4) is 0 Å². The molecule has 0 fully saturated rings. The summed E-state index contributed by atoms with van der Waals surface area (Å²) in [4.78, 5) is 27.4. The first-order chi connectivity index (χ1) is 19.5. The van der Waals surface area contributed by atoms with Gasteiger partial charge in [0.05, 0.1) is 29.4 Å². The van der Waals surface area contributed by atoms with E-state index in [0.29, 0.717) is 49.7 Å². The standard InChI is InChI=1S/C31H35Cl2N5O3/c1-17-14-21(15-18(2)28(17)33)41-13-6-8-22-23-9-10-24(32)27(26-19(3)35-36(5)20(26)4)29(23)38-12-7-11-37(16-25(34)39)31(40)30(22)38/h9-10,14-15H,6-8,11-13,16H2,1-5H3,(H2,34,39). The van der Waals surface area contributed by atoms with Gasteiger partial charge >= 0.3 is 0 Å². The smallest absolute Gasteiger partial charge is 0.271 e. The van der Waals surface area contributed by atoms with Crippen molar-refractivity contribution in [2.45, 2.75) is 53.5 Å². The van der Waals surface area contributed by atoms with E-state index in [1.165, 1.54) is 0 Å². The van der Waals surface area contributed by atoms with Crippen LogP contribution in [-0.2, 0) is 24.8 Å². The molecular weight excluding hydrogens is 561 g/mol. The lowest BCUT2D eigenvalue weighted by Crippen LogP contribution is -2.38. The third-order valence-electron chi connectivity index (χ3n) is 7.93. The summed E-state index contributed by atoms with van der Waals surface area (Å²) in [7, 11) is 1.92. The molecule has 3 heterocycles. The number of rotatable bonds is 8. The molecule has 41 heavy (non-hydrogen) atoms. The Bertz CT molecular complexity index is 1660. The van der Waals surface area contributed by atoms with Crippen LogP contribution in [0.1, 0.15) is 51.4 Å². The number of carbonyl (C=O) groups is 2. The molecule has 0 saturated carbocycles. The average molecular weight is 597 g/mol. The van der Waals surface area contributed by atoms with Crippen molar-refractivity contribution in [3.63, 3.8) is 0 Å². The first-order valence-corrected chi connectivity index (χ1v) is 14.6. The van der Waals surface area contributed by atoms with Gasteiger partial charge in [-0.05, 0) is 81.8 Å². The van der Waals surface area contributed by atoms with Crippen LogP contribution in [0.5, 0.6) is 5.75 Å². The fourth-order valence-electron chi connectivity index (χ4n) is 6.03. The van der Waals surface area contributed by atoms with Gasteiger partial charge < -0.3 is 19.9 Å². The molecule has 2 amide bonds. The van der Waals surface area contributed by atoms with Crippen LogP contribution in [0, 0.1) is 27.7 Å². The SMILES string of the molecule is Cc1cc(OCCCc2c3n(c4c(-c5c(C)nn(C)c5C)c(Cl)ccc24)CCCN(CC(N)=O)C3=O)cc(C)c1Cl. The molecule has 10 heteroatoms. The van der Waals surface area contributed by atoms with Gasteiger partial charge in [-0.3, -0.25) is 14.3 Å². The number of nitrogens with two attached hydrogens (primary N) is 1. The molecule has 4 aromatic rings. The maximum atomic E-state index is 14.0. The zero-order valence-electron chi connectivity index (χ0n) is 24.1. The molecule has 1 aliphatic heterocycles. The van der Waals surface area contributed by atoms with Crippen LogP contribution in [-0.4, -0.2) is 50.8 Å². The van der Waals surface area contributed by atoms with Crippen molar-refractivity contribution < 1.29 is 14.3 Å². The van der Waals surface area contributed by atoms with Gasteiger partial charge in [-0.25, -0.2) is 0 Å². The highest BCUT2D eigenvalue weighted by Gasteiger charge is 2.32. The molecule has 0 unspecified atom stereocenters. The lowest BCUT2D eigenvalue weighted by molar-refractivity contribution is -0.118. The maximum absolute atomic E-state index is 14.0. The Labute approximate surface area is 249 Å². The fraction of sp³-hybridized carbons (Fsp3) is 0.387. The number of aryl methyl sites for hydroxylation is 6. The number of amides is 2. The van der Waals surface area contributed by atoms with E-state index in [1.807, 2.05) is 63.7 Å². The molecule has 0 radical (unpaired) electrons. The number of hydrogen-bond acceptors (Lipinski definition) is 4. The summed E-state index contributed by atoms with van der Waals surface area (Å²) >= 11 is 13.2. The van der Waals surface area contributed by atoms with E-state index in [9.17, 15) is 9.59 Å². The molecule has 8 nitrogen and oxygen atoms in total. The molecule has 0 bridgehead atoms. The van der Waals surface area contributed by atoms with Gasteiger partial charge in [0.1, 0.15) is 11.4 Å². The molecule has 0 atom stereocenters. The van der Waals surface area contributed by atoms with Gasteiger partial charge in [0.25, 0.3) is 5.91 Å². The minimum Gasteiger partial charge on any atom is -0.494 e. The number of aromatic nitrogens is 3. The average Bonchev–Trinajstić information content (AvgIpc) is 3.29. The van der Waals surface area contributed by atoms with E-state index in [2.05, 4.69) is 9.67 Å². The number of primary amides is 1. The molecule has 2 aromatic carbocycles. The normalized spacial score (nSPS) is 13.5. The number of hydrogen-bond donors (Lipinski definition) is 1. The maximum Gasteiger partial charge on any atom is 0.271 e. The molecule has 0 saturated heterocycles. The van der Waals surface area contributed by atoms with Crippen molar-refractivity contribution in [3.05, 3.63) is 68.1 Å². The monoisotopic (exact) mass is 595 g/mol. The van der Waals surface area contributed by atoms with Gasteiger partial charge in [-0.2, -0.15) is 5.10 Å². The second-order valence-electron chi connectivity index (χ2n) is 10.8. The van der Waals surface area contributed by atoms with Gasteiger partial charge in [0, 0.05) is 47.4 Å². The number of carbonyl (C=O) groups excluding carboxylic acids is 2. The second kappa shape index (κ2) is 11.4. The van der Waals surface area contributed by atoms with E-state index in [4.69, 9.17) is 33.7 Å². The summed E-state index contributed by atoms with van der Waals surface area (Å²) in [6.07, 6.45) is 1.97. The van der Waals surface area contributed by atoms with E-state index < -0.39 is 5.91 Å². The predicted octanol–water partition coefficient (Wildman–Crippen LogP) is 5.93. The number of benzene rings is 2. The van der Waals surface area contributed by atoms with Gasteiger partial charge in [0.2, 0.25) is 5.91 Å². The van der Waals surface area contributed by atoms with Crippen LogP contribution in [0.4, 0.5) is 0 Å². The lowest BCUT2D eigenvalue weighted by Gasteiger charge is -2.19. The third kappa shape index (κ3) is 5.31. The molecule has 2 N–H and O–H groups in total. The minimum atomic E-state index is -0.531. The molecule has 2 aromatic heterocycles. The third-order valence-corrected chi connectivity index (χ3v) is 8.84. The molecule has 5 rings (SSSR count). The highest BCUT2D eigenvalue weighted by atomic mass is 35.5. The first-order valence-electron chi connectivity index (χ1n) is 13.8. The first kappa shape index (κ1) is 29.0. The number of nitrogens with zero attached hydrogens (tertiary/aromatic N) is 4. The fourth-order valence-corrected chi connectivity index (χ4v) is 6.38. The van der Waals surface area contributed by atoms with Crippen molar-refractivity contribution >= 4 is 45.9 Å². The topological polar surface area (TPSA) is 95.4 Å². The summed E-state index contributed by atoms with van der Waals surface area (Å²) < 4.78 is 10.0. The van der Waals surface area contributed by atoms with Crippen molar-refractivity contribution in [1.29, 1.82) is 0 Å². The van der Waals surface area contributed by atoms with Crippen LogP contribution in [0.15, 0.2) is 24.3 Å². The van der Waals surface area contributed by atoms with Gasteiger partial charge in [-0.1, -0.05) is 29.3 Å². The summed E-state index contributed by atoms with van der Waals surface area (Å²) in [5.74, 6) is 0.0427. The minimum absolute atomic E-state index is 0.118. The van der Waals surface area contributed by atoms with Gasteiger partial charge in [-0.15, -0.1) is 0 Å². The Kier molecular flexibility index (Phi) is 8.08. The van der Waals surface area contributed by atoms with E-state index in [0.717, 1.165) is 60.9 Å².